The first-order valence-electron chi connectivity index (χ1n) is 6.68. The molecule has 0 unspecified atom stereocenters. The SMILES string of the molecule is CCCNCc1cccnc1Oc1cccc(C)c1. The minimum Gasteiger partial charge on any atom is -0.439 e. The molecule has 0 radical (unpaired) electrons. The largest absolute Gasteiger partial charge is 0.439 e. The lowest BCUT2D eigenvalue weighted by atomic mass is 10.2. The molecule has 0 saturated heterocycles. The Labute approximate surface area is 114 Å². The maximum atomic E-state index is 5.87. The zero-order chi connectivity index (χ0) is 13.5. The van der Waals surface area contributed by atoms with Crippen molar-refractivity contribution in [3.05, 3.63) is 53.7 Å². The Kier molecular flexibility index (Phi) is 4.93. The van der Waals surface area contributed by atoms with Crippen LogP contribution in [0, 0.1) is 6.92 Å². The van der Waals surface area contributed by atoms with Gasteiger partial charge in [-0.05, 0) is 43.7 Å². The number of hydrogen-bond donors (Lipinski definition) is 1. The summed E-state index contributed by atoms with van der Waals surface area (Å²) in [6.45, 7) is 5.98. The number of aromatic nitrogens is 1. The third-order valence-corrected chi connectivity index (χ3v) is 2.80. The summed E-state index contributed by atoms with van der Waals surface area (Å²) in [5, 5.41) is 3.37. The van der Waals surface area contributed by atoms with Crippen LogP contribution in [-0.4, -0.2) is 11.5 Å². The van der Waals surface area contributed by atoms with Gasteiger partial charge in [0.15, 0.2) is 0 Å². The van der Waals surface area contributed by atoms with Crippen molar-refractivity contribution in [2.45, 2.75) is 26.8 Å². The Hall–Kier alpha value is -1.87. The number of nitrogens with one attached hydrogen (secondary N) is 1. The topological polar surface area (TPSA) is 34.2 Å². The molecule has 0 aliphatic carbocycles. The van der Waals surface area contributed by atoms with Gasteiger partial charge < -0.3 is 10.1 Å². The molecule has 1 N–H and O–H groups in total. The summed E-state index contributed by atoms with van der Waals surface area (Å²) < 4.78 is 5.87. The van der Waals surface area contributed by atoms with Gasteiger partial charge in [-0.3, -0.25) is 0 Å². The van der Waals surface area contributed by atoms with Crippen LogP contribution in [0.1, 0.15) is 24.5 Å². The molecule has 0 aliphatic heterocycles. The van der Waals surface area contributed by atoms with E-state index in [1.165, 1.54) is 5.56 Å². The predicted octanol–water partition coefficient (Wildman–Crippen LogP) is 3.68. The molecule has 0 saturated carbocycles. The van der Waals surface area contributed by atoms with E-state index in [-0.39, 0.29) is 0 Å². The highest BCUT2D eigenvalue weighted by Gasteiger charge is 2.05. The van der Waals surface area contributed by atoms with Crippen molar-refractivity contribution in [3.63, 3.8) is 0 Å². The van der Waals surface area contributed by atoms with Crippen LogP contribution in [0.25, 0.3) is 0 Å². The fourth-order valence-electron chi connectivity index (χ4n) is 1.84. The molecular weight excluding hydrogens is 236 g/mol. The van der Waals surface area contributed by atoms with Crippen molar-refractivity contribution in [2.24, 2.45) is 0 Å². The summed E-state index contributed by atoms with van der Waals surface area (Å²) in [5.74, 6) is 1.51. The predicted molar refractivity (Wildman–Crippen MR) is 77.5 cm³/mol. The monoisotopic (exact) mass is 256 g/mol. The van der Waals surface area contributed by atoms with E-state index in [0.29, 0.717) is 5.88 Å². The van der Waals surface area contributed by atoms with Crippen LogP contribution in [0.2, 0.25) is 0 Å². The van der Waals surface area contributed by atoms with E-state index in [2.05, 4.69) is 30.2 Å². The molecular formula is C16H20N2O. The second-order valence-electron chi connectivity index (χ2n) is 4.56. The highest BCUT2D eigenvalue weighted by atomic mass is 16.5. The molecule has 0 atom stereocenters. The van der Waals surface area contributed by atoms with Gasteiger partial charge in [0, 0.05) is 18.3 Å². The Morgan fingerprint density at radius 3 is 2.89 bits per heavy atom. The number of nitrogens with zero attached hydrogens (tertiary/aromatic N) is 1. The molecule has 2 rings (SSSR count). The number of hydrogen-bond acceptors (Lipinski definition) is 3. The van der Waals surface area contributed by atoms with Gasteiger partial charge in [0.2, 0.25) is 5.88 Å². The van der Waals surface area contributed by atoms with E-state index in [4.69, 9.17) is 4.74 Å². The molecule has 0 bridgehead atoms. The van der Waals surface area contributed by atoms with Crippen molar-refractivity contribution >= 4 is 0 Å². The molecule has 0 fully saturated rings. The number of pyridine rings is 1. The molecule has 1 heterocycles. The molecule has 3 nitrogen and oxygen atoms in total. The van der Waals surface area contributed by atoms with Gasteiger partial charge in [-0.15, -0.1) is 0 Å². The normalized spacial score (nSPS) is 10.4. The Balaban J connectivity index is 2.11. The minimum absolute atomic E-state index is 0.678. The van der Waals surface area contributed by atoms with E-state index >= 15 is 0 Å². The molecule has 0 amide bonds. The summed E-state index contributed by atoms with van der Waals surface area (Å²) >= 11 is 0. The van der Waals surface area contributed by atoms with Crippen LogP contribution in [0.15, 0.2) is 42.6 Å². The summed E-state index contributed by atoms with van der Waals surface area (Å²) in [6.07, 6.45) is 2.88. The molecule has 0 aliphatic rings. The van der Waals surface area contributed by atoms with Gasteiger partial charge >= 0.3 is 0 Å². The van der Waals surface area contributed by atoms with E-state index in [0.717, 1.165) is 30.8 Å². The molecule has 3 heteroatoms. The second kappa shape index (κ2) is 6.90. The number of aryl methyl sites for hydroxylation is 1. The van der Waals surface area contributed by atoms with Crippen LogP contribution >= 0.6 is 0 Å². The zero-order valence-electron chi connectivity index (χ0n) is 11.5. The molecule has 1 aromatic carbocycles. The van der Waals surface area contributed by atoms with E-state index < -0.39 is 0 Å². The van der Waals surface area contributed by atoms with Crippen LogP contribution < -0.4 is 10.1 Å². The van der Waals surface area contributed by atoms with Gasteiger partial charge in [0.25, 0.3) is 0 Å². The zero-order valence-corrected chi connectivity index (χ0v) is 11.5. The average molecular weight is 256 g/mol. The van der Waals surface area contributed by atoms with Gasteiger partial charge in [-0.2, -0.15) is 0 Å². The quantitative estimate of drug-likeness (QED) is 0.800. The van der Waals surface area contributed by atoms with Crippen molar-refractivity contribution in [1.82, 2.24) is 10.3 Å². The standard InChI is InChI=1S/C16H20N2O/c1-3-9-17-12-14-7-5-10-18-16(14)19-15-8-4-6-13(2)11-15/h4-8,10-11,17H,3,9,12H2,1-2H3. The number of rotatable bonds is 6. The minimum atomic E-state index is 0.678. The fourth-order valence-corrected chi connectivity index (χ4v) is 1.84. The smallest absolute Gasteiger partial charge is 0.223 e. The maximum Gasteiger partial charge on any atom is 0.223 e. The van der Waals surface area contributed by atoms with Crippen molar-refractivity contribution in [3.8, 4) is 11.6 Å². The third kappa shape index (κ3) is 4.07. The number of ether oxygens (including phenoxy) is 1. The van der Waals surface area contributed by atoms with Crippen molar-refractivity contribution in [2.75, 3.05) is 6.54 Å². The van der Waals surface area contributed by atoms with E-state index in [1.807, 2.05) is 30.3 Å². The van der Waals surface area contributed by atoms with Gasteiger partial charge in [-0.25, -0.2) is 4.98 Å². The van der Waals surface area contributed by atoms with Gasteiger partial charge in [0.05, 0.1) is 0 Å². The summed E-state index contributed by atoms with van der Waals surface area (Å²) in [5.41, 5.74) is 2.26. The lowest BCUT2D eigenvalue weighted by Gasteiger charge is -2.10. The average Bonchev–Trinajstić information content (AvgIpc) is 2.41. The van der Waals surface area contributed by atoms with Crippen molar-refractivity contribution in [1.29, 1.82) is 0 Å². The highest BCUT2D eigenvalue weighted by Crippen LogP contribution is 2.23. The van der Waals surface area contributed by atoms with E-state index in [1.54, 1.807) is 6.20 Å². The Bertz CT molecular complexity index is 526. The lowest BCUT2D eigenvalue weighted by Crippen LogP contribution is -2.14. The van der Waals surface area contributed by atoms with Crippen LogP contribution in [0.3, 0.4) is 0 Å². The Morgan fingerprint density at radius 1 is 1.21 bits per heavy atom. The van der Waals surface area contributed by atoms with Crippen molar-refractivity contribution < 1.29 is 4.74 Å². The summed E-state index contributed by atoms with van der Waals surface area (Å²) in [6, 6.07) is 12.0. The maximum absolute atomic E-state index is 5.87. The first kappa shape index (κ1) is 13.6. The summed E-state index contributed by atoms with van der Waals surface area (Å²) in [4.78, 5) is 4.32. The lowest BCUT2D eigenvalue weighted by molar-refractivity contribution is 0.452. The highest BCUT2D eigenvalue weighted by molar-refractivity contribution is 5.34. The second-order valence-corrected chi connectivity index (χ2v) is 4.56. The Morgan fingerprint density at radius 2 is 2.11 bits per heavy atom. The van der Waals surface area contributed by atoms with Gasteiger partial charge in [0.1, 0.15) is 5.75 Å². The van der Waals surface area contributed by atoms with Crippen LogP contribution in [-0.2, 0) is 6.54 Å². The molecule has 100 valence electrons. The fraction of sp³-hybridized carbons (Fsp3) is 0.312. The molecule has 19 heavy (non-hydrogen) atoms. The first-order chi connectivity index (χ1) is 9.29. The molecule has 0 spiro atoms. The van der Waals surface area contributed by atoms with Crippen LogP contribution in [0.5, 0.6) is 11.6 Å². The van der Waals surface area contributed by atoms with Gasteiger partial charge in [-0.1, -0.05) is 25.1 Å². The number of benzene rings is 1. The summed E-state index contributed by atoms with van der Waals surface area (Å²) in [7, 11) is 0. The molecule has 1 aromatic heterocycles. The first-order valence-corrected chi connectivity index (χ1v) is 6.68. The van der Waals surface area contributed by atoms with Crippen LogP contribution in [0.4, 0.5) is 0 Å². The third-order valence-electron chi connectivity index (χ3n) is 2.80. The van der Waals surface area contributed by atoms with E-state index in [9.17, 15) is 0 Å². The molecule has 2 aromatic rings.